The summed E-state index contributed by atoms with van der Waals surface area (Å²) >= 11 is 0. The van der Waals surface area contributed by atoms with E-state index in [1.807, 2.05) is 0 Å². The molecule has 0 unspecified atom stereocenters. The van der Waals surface area contributed by atoms with E-state index >= 15 is 0 Å². The van der Waals surface area contributed by atoms with Gasteiger partial charge >= 0.3 is 0 Å². The van der Waals surface area contributed by atoms with Gasteiger partial charge in [-0.25, -0.2) is 9.37 Å². The molecule has 0 fully saturated rings. The zero-order valence-electron chi connectivity index (χ0n) is 10.6. The van der Waals surface area contributed by atoms with E-state index in [-0.39, 0.29) is 11.5 Å². The predicted octanol–water partition coefficient (Wildman–Crippen LogP) is 2.03. The van der Waals surface area contributed by atoms with Crippen LogP contribution >= 0.6 is 0 Å². The van der Waals surface area contributed by atoms with Gasteiger partial charge in [0.25, 0.3) is 5.91 Å². The minimum atomic E-state index is -0.490. The standard InChI is InChI=1S/C13H13FN4O/c1-8-10(13(19)15-2)5-9(14)6-11(8)18-12-7-16-3-4-17-12/h3-7H,1-2H3,(H,15,19)(H,17,18). The number of halogens is 1. The van der Waals surface area contributed by atoms with Crippen LogP contribution in [0.3, 0.4) is 0 Å². The number of aromatic nitrogens is 2. The Balaban J connectivity index is 2.41. The lowest BCUT2D eigenvalue weighted by Crippen LogP contribution is -2.19. The third-order valence-corrected chi connectivity index (χ3v) is 2.67. The first kappa shape index (κ1) is 12.9. The second kappa shape index (κ2) is 5.43. The third kappa shape index (κ3) is 2.85. The van der Waals surface area contributed by atoms with Gasteiger partial charge in [0.15, 0.2) is 0 Å². The molecule has 1 amide bonds. The number of benzene rings is 1. The number of hydrogen-bond donors (Lipinski definition) is 2. The molecule has 1 aromatic heterocycles. The molecule has 5 nitrogen and oxygen atoms in total. The number of anilines is 2. The highest BCUT2D eigenvalue weighted by atomic mass is 19.1. The summed E-state index contributed by atoms with van der Waals surface area (Å²) < 4.78 is 13.6. The fraction of sp³-hybridized carbons (Fsp3) is 0.154. The Labute approximate surface area is 109 Å². The van der Waals surface area contributed by atoms with E-state index in [4.69, 9.17) is 0 Å². The Morgan fingerprint density at radius 3 is 2.74 bits per heavy atom. The van der Waals surface area contributed by atoms with Crippen molar-refractivity contribution < 1.29 is 9.18 Å². The zero-order valence-corrected chi connectivity index (χ0v) is 10.6. The molecule has 98 valence electrons. The number of hydrogen-bond acceptors (Lipinski definition) is 4. The van der Waals surface area contributed by atoms with E-state index in [9.17, 15) is 9.18 Å². The summed E-state index contributed by atoms with van der Waals surface area (Å²) in [6, 6.07) is 2.52. The summed E-state index contributed by atoms with van der Waals surface area (Å²) in [6.07, 6.45) is 4.58. The van der Waals surface area contributed by atoms with Crippen molar-refractivity contribution in [2.24, 2.45) is 0 Å². The van der Waals surface area contributed by atoms with Gasteiger partial charge in [0.2, 0.25) is 0 Å². The molecular weight excluding hydrogens is 247 g/mol. The van der Waals surface area contributed by atoms with Crippen LogP contribution in [-0.4, -0.2) is 22.9 Å². The normalized spacial score (nSPS) is 10.1. The van der Waals surface area contributed by atoms with Crippen LogP contribution in [0.15, 0.2) is 30.7 Å². The Morgan fingerprint density at radius 1 is 1.32 bits per heavy atom. The van der Waals surface area contributed by atoms with Crippen molar-refractivity contribution in [1.29, 1.82) is 0 Å². The van der Waals surface area contributed by atoms with Crippen LogP contribution in [0.25, 0.3) is 0 Å². The number of rotatable bonds is 3. The maximum atomic E-state index is 13.6. The van der Waals surface area contributed by atoms with Crippen LogP contribution < -0.4 is 10.6 Å². The van der Waals surface area contributed by atoms with Crippen molar-refractivity contribution >= 4 is 17.4 Å². The first-order chi connectivity index (χ1) is 9.11. The Morgan fingerprint density at radius 2 is 2.11 bits per heavy atom. The highest BCUT2D eigenvalue weighted by Gasteiger charge is 2.13. The van der Waals surface area contributed by atoms with Crippen molar-refractivity contribution in [1.82, 2.24) is 15.3 Å². The van der Waals surface area contributed by atoms with Crippen LogP contribution in [-0.2, 0) is 0 Å². The molecule has 0 saturated heterocycles. The first-order valence-corrected chi connectivity index (χ1v) is 5.67. The average Bonchev–Trinajstić information content (AvgIpc) is 2.42. The van der Waals surface area contributed by atoms with Gasteiger partial charge in [0.05, 0.1) is 6.20 Å². The molecule has 2 N–H and O–H groups in total. The molecule has 0 saturated carbocycles. The number of carbonyl (C=O) groups is 1. The van der Waals surface area contributed by atoms with E-state index in [0.29, 0.717) is 17.1 Å². The molecule has 2 aromatic rings. The van der Waals surface area contributed by atoms with Gasteiger partial charge in [0, 0.05) is 30.7 Å². The highest BCUT2D eigenvalue weighted by molar-refractivity contribution is 5.97. The lowest BCUT2D eigenvalue weighted by atomic mass is 10.1. The molecule has 0 aliphatic heterocycles. The van der Waals surface area contributed by atoms with Crippen LogP contribution in [0.1, 0.15) is 15.9 Å². The van der Waals surface area contributed by atoms with Crippen molar-refractivity contribution in [3.8, 4) is 0 Å². The highest BCUT2D eigenvalue weighted by Crippen LogP contribution is 2.23. The Kier molecular flexibility index (Phi) is 3.70. The van der Waals surface area contributed by atoms with Crippen molar-refractivity contribution in [3.05, 3.63) is 47.7 Å². The lowest BCUT2D eigenvalue weighted by molar-refractivity contribution is 0.0962. The fourth-order valence-electron chi connectivity index (χ4n) is 1.68. The first-order valence-electron chi connectivity index (χ1n) is 5.67. The largest absolute Gasteiger partial charge is 0.355 e. The molecule has 19 heavy (non-hydrogen) atoms. The molecule has 0 radical (unpaired) electrons. The molecule has 1 aromatic carbocycles. The predicted molar refractivity (Wildman–Crippen MR) is 69.8 cm³/mol. The maximum absolute atomic E-state index is 13.6. The average molecular weight is 260 g/mol. The molecule has 0 aliphatic rings. The second-order valence-corrected chi connectivity index (χ2v) is 3.92. The molecule has 0 bridgehead atoms. The van der Waals surface area contributed by atoms with Crippen molar-refractivity contribution in [2.75, 3.05) is 12.4 Å². The Bertz CT molecular complexity index is 601. The summed E-state index contributed by atoms with van der Waals surface area (Å²) in [5, 5.41) is 5.42. The van der Waals surface area contributed by atoms with E-state index in [2.05, 4.69) is 20.6 Å². The zero-order chi connectivity index (χ0) is 13.8. The quantitative estimate of drug-likeness (QED) is 0.886. The smallest absolute Gasteiger partial charge is 0.251 e. The fourth-order valence-corrected chi connectivity index (χ4v) is 1.68. The summed E-state index contributed by atoms with van der Waals surface area (Å²) in [5.41, 5.74) is 1.42. The molecule has 0 spiro atoms. The third-order valence-electron chi connectivity index (χ3n) is 2.67. The number of carbonyl (C=O) groups excluding carboxylic acids is 1. The van der Waals surface area contributed by atoms with Gasteiger partial charge in [0.1, 0.15) is 11.6 Å². The van der Waals surface area contributed by atoms with Gasteiger partial charge in [-0.15, -0.1) is 0 Å². The van der Waals surface area contributed by atoms with Crippen molar-refractivity contribution in [3.63, 3.8) is 0 Å². The van der Waals surface area contributed by atoms with Crippen molar-refractivity contribution in [2.45, 2.75) is 6.92 Å². The summed E-state index contributed by atoms with van der Waals surface area (Å²) in [6.45, 7) is 1.74. The molecular formula is C13H13FN4O. The molecule has 6 heteroatoms. The number of nitrogens with zero attached hydrogens (tertiary/aromatic N) is 2. The van der Waals surface area contributed by atoms with Gasteiger partial charge < -0.3 is 10.6 Å². The number of amides is 1. The molecule has 0 aliphatic carbocycles. The van der Waals surface area contributed by atoms with E-state index < -0.39 is 5.82 Å². The topological polar surface area (TPSA) is 66.9 Å². The van der Waals surface area contributed by atoms with E-state index in [0.717, 1.165) is 0 Å². The maximum Gasteiger partial charge on any atom is 0.251 e. The van der Waals surface area contributed by atoms with Crippen LogP contribution in [0.5, 0.6) is 0 Å². The minimum absolute atomic E-state index is 0.286. The summed E-state index contributed by atoms with van der Waals surface area (Å²) in [5.74, 6) is -0.339. The monoisotopic (exact) mass is 260 g/mol. The van der Waals surface area contributed by atoms with Gasteiger partial charge in [-0.3, -0.25) is 9.78 Å². The van der Waals surface area contributed by atoms with Gasteiger partial charge in [-0.05, 0) is 24.6 Å². The van der Waals surface area contributed by atoms with Crippen LogP contribution in [0.2, 0.25) is 0 Å². The van der Waals surface area contributed by atoms with Gasteiger partial charge in [-0.1, -0.05) is 0 Å². The lowest BCUT2D eigenvalue weighted by Gasteiger charge is -2.12. The van der Waals surface area contributed by atoms with Crippen LogP contribution in [0.4, 0.5) is 15.9 Å². The second-order valence-electron chi connectivity index (χ2n) is 3.92. The molecule has 1 heterocycles. The Hall–Kier alpha value is -2.50. The summed E-state index contributed by atoms with van der Waals surface area (Å²) in [4.78, 5) is 19.6. The van der Waals surface area contributed by atoms with Gasteiger partial charge in [-0.2, -0.15) is 0 Å². The van der Waals surface area contributed by atoms with E-state index in [1.54, 1.807) is 13.1 Å². The SMILES string of the molecule is CNC(=O)c1cc(F)cc(Nc2cnccn2)c1C. The number of nitrogens with one attached hydrogen (secondary N) is 2. The van der Waals surface area contributed by atoms with Crippen LogP contribution in [0, 0.1) is 12.7 Å². The molecule has 2 rings (SSSR count). The summed E-state index contributed by atoms with van der Waals surface area (Å²) in [7, 11) is 1.50. The van der Waals surface area contributed by atoms with E-state index in [1.165, 1.54) is 31.6 Å². The molecule has 0 atom stereocenters. The minimum Gasteiger partial charge on any atom is -0.355 e.